The topological polar surface area (TPSA) is 125 Å². The number of aryl methyl sites for hydroxylation is 1. The number of pyridine rings is 1. The molecule has 29 heavy (non-hydrogen) atoms. The minimum atomic E-state index is -3.58. The van der Waals surface area contributed by atoms with Crippen LogP contribution < -0.4 is 10.9 Å². The highest BCUT2D eigenvalue weighted by molar-refractivity contribution is 7.89. The summed E-state index contributed by atoms with van der Waals surface area (Å²) in [5.74, 6) is -0.711. The molecule has 0 saturated carbocycles. The SMILES string of the molecule is Cc1csc(CC(=O)NNC(=O)CN2CCN(S(=O)(=O)c3cccnc3)CC2)n1. The number of carbonyl (C=O) groups excluding carboxylic acids is 2. The first-order valence-corrected chi connectivity index (χ1v) is 11.3. The van der Waals surface area contributed by atoms with Gasteiger partial charge in [0.25, 0.3) is 5.91 Å². The van der Waals surface area contributed by atoms with E-state index in [-0.39, 0.29) is 42.8 Å². The summed E-state index contributed by atoms with van der Waals surface area (Å²) in [6.45, 7) is 3.30. The zero-order valence-corrected chi connectivity index (χ0v) is 17.5. The van der Waals surface area contributed by atoms with Gasteiger partial charge in [-0.15, -0.1) is 11.3 Å². The molecule has 10 nitrogen and oxygen atoms in total. The fourth-order valence-electron chi connectivity index (χ4n) is 2.82. The molecule has 2 aromatic rings. The van der Waals surface area contributed by atoms with E-state index in [0.29, 0.717) is 18.1 Å². The molecule has 2 amide bonds. The van der Waals surface area contributed by atoms with Crippen molar-refractivity contribution in [3.8, 4) is 0 Å². The first kappa shape index (κ1) is 21.3. The molecule has 0 atom stereocenters. The van der Waals surface area contributed by atoms with Gasteiger partial charge < -0.3 is 0 Å². The van der Waals surface area contributed by atoms with E-state index in [2.05, 4.69) is 20.8 Å². The number of amides is 2. The first-order chi connectivity index (χ1) is 13.8. The van der Waals surface area contributed by atoms with Crippen molar-refractivity contribution in [2.45, 2.75) is 18.2 Å². The van der Waals surface area contributed by atoms with Crippen molar-refractivity contribution in [3.63, 3.8) is 0 Å². The van der Waals surface area contributed by atoms with Crippen LogP contribution in [0.2, 0.25) is 0 Å². The highest BCUT2D eigenvalue weighted by Gasteiger charge is 2.29. The molecule has 0 bridgehead atoms. The van der Waals surface area contributed by atoms with Crippen LogP contribution in [0.4, 0.5) is 0 Å². The highest BCUT2D eigenvalue weighted by atomic mass is 32.2. The minimum Gasteiger partial charge on any atom is -0.292 e. The highest BCUT2D eigenvalue weighted by Crippen LogP contribution is 2.16. The van der Waals surface area contributed by atoms with Gasteiger partial charge in [0.15, 0.2) is 0 Å². The predicted molar refractivity (Wildman–Crippen MR) is 106 cm³/mol. The lowest BCUT2D eigenvalue weighted by Crippen LogP contribution is -2.53. The third-order valence-corrected chi connectivity index (χ3v) is 7.14. The van der Waals surface area contributed by atoms with E-state index in [9.17, 15) is 18.0 Å². The number of rotatable bonds is 6. The van der Waals surface area contributed by atoms with E-state index in [1.54, 1.807) is 6.07 Å². The monoisotopic (exact) mass is 438 g/mol. The molecule has 1 aliphatic rings. The average molecular weight is 439 g/mol. The van der Waals surface area contributed by atoms with Crippen molar-refractivity contribution >= 4 is 33.2 Å². The molecule has 2 aromatic heterocycles. The van der Waals surface area contributed by atoms with Crippen LogP contribution in [0.5, 0.6) is 0 Å². The van der Waals surface area contributed by atoms with E-state index in [0.717, 1.165) is 5.69 Å². The molecular weight excluding hydrogens is 416 g/mol. The molecule has 1 aliphatic heterocycles. The van der Waals surface area contributed by atoms with Crippen LogP contribution in [0.25, 0.3) is 0 Å². The number of hydrogen-bond acceptors (Lipinski definition) is 8. The number of piperazine rings is 1. The first-order valence-electron chi connectivity index (χ1n) is 8.96. The lowest BCUT2D eigenvalue weighted by atomic mass is 10.3. The molecule has 1 fully saturated rings. The van der Waals surface area contributed by atoms with Crippen LogP contribution in [-0.2, 0) is 26.0 Å². The fraction of sp³-hybridized carbons (Fsp3) is 0.412. The number of aromatic nitrogens is 2. The van der Waals surface area contributed by atoms with Gasteiger partial charge in [-0.2, -0.15) is 4.31 Å². The molecular formula is C17H22N6O4S2. The summed E-state index contributed by atoms with van der Waals surface area (Å²) in [6, 6.07) is 3.09. The Bertz CT molecular complexity index is 955. The van der Waals surface area contributed by atoms with Crippen molar-refractivity contribution < 1.29 is 18.0 Å². The van der Waals surface area contributed by atoms with Crippen molar-refractivity contribution in [1.29, 1.82) is 0 Å². The zero-order valence-electron chi connectivity index (χ0n) is 15.9. The number of hydrazine groups is 1. The van der Waals surface area contributed by atoms with E-state index in [4.69, 9.17) is 0 Å². The summed E-state index contributed by atoms with van der Waals surface area (Å²) in [5.41, 5.74) is 5.61. The summed E-state index contributed by atoms with van der Waals surface area (Å²) in [5, 5.41) is 2.54. The molecule has 12 heteroatoms. The van der Waals surface area contributed by atoms with E-state index < -0.39 is 10.0 Å². The third-order valence-electron chi connectivity index (χ3n) is 4.29. The second-order valence-electron chi connectivity index (χ2n) is 6.52. The molecule has 0 aliphatic carbocycles. The zero-order chi connectivity index (χ0) is 20.9. The number of nitrogens with zero attached hydrogens (tertiary/aromatic N) is 4. The normalized spacial score (nSPS) is 15.8. The number of carbonyl (C=O) groups is 2. The van der Waals surface area contributed by atoms with Crippen LogP contribution in [-0.4, -0.2) is 72.1 Å². The van der Waals surface area contributed by atoms with Gasteiger partial charge in [-0.05, 0) is 19.1 Å². The molecule has 1 saturated heterocycles. The van der Waals surface area contributed by atoms with Gasteiger partial charge in [0.1, 0.15) is 9.90 Å². The van der Waals surface area contributed by atoms with Gasteiger partial charge in [0.2, 0.25) is 15.9 Å². The van der Waals surface area contributed by atoms with Crippen molar-refractivity contribution in [2.75, 3.05) is 32.7 Å². The Kier molecular flexibility index (Phi) is 6.90. The average Bonchev–Trinajstić information content (AvgIpc) is 3.12. The minimum absolute atomic E-state index is 0.0669. The Morgan fingerprint density at radius 1 is 1.17 bits per heavy atom. The molecule has 3 heterocycles. The molecule has 0 unspecified atom stereocenters. The Labute approximate surface area is 173 Å². The number of nitrogens with one attached hydrogen (secondary N) is 2. The second kappa shape index (κ2) is 9.39. The summed E-state index contributed by atoms with van der Waals surface area (Å²) in [4.78, 5) is 34.0. The lowest BCUT2D eigenvalue weighted by Gasteiger charge is -2.33. The van der Waals surface area contributed by atoms with Crippen molar-refractivity contribution in [1.82, 2.24) is 30.0 Å². The Hall–Kier alpha value is -2.41. The number of hydrogen-bond donors (Lipinski definition) is 2. The van der Waals surface area contributed by atoms with E-state index >= 15 is 0 Å². The Morgan fingerprint density at radius 2 is 1.90 bits per heavy atom. The second-order valence-corrected chi connectivity index (χ2v) is 9.41. The molecule has 156 valence electrons. The maximum atomic E-state index is 12.6. The largest absolute Gasteiger partial charge is 0.292 e. The maximum absolute atomic E-state index is 12.6. The molecule has 2 N–H and O–H groups in total. The van der Waals surface area contributed by atoms with Gasteiger partial charge in [-0.1, -0.05) is 0 Å². The number of thiazole rings is 1. The predicted octanol–water partition coefficient (Wildman–Crippen LogP) is -0.457. The summed E-state index contributed by atoms with van der Waals surface area (Å²) < 4.78 is 26.5. The van der Waals surface area contributed by atoms with Gasteiger partial charge >= 0.3 is 0 Å². The summed E-state index contributed by atoms with van der Waals surface area (Å²) in [6.07, 6.45) is 2.95. The molecule has 0 aromatic carbocycles. The summed E-state index contributed by atoms with van der Waals surface area (Å²) in [7, 11) is -3.58. The van der Waals surface area contributed by atoms with Crippen LogP contribution in [0.3, 0.4) is 0 Å². The number of sulfonamides is 1. The van der Waals surface area contributed by atoms with E-state index in [1.165, 1.54) is 34.1 Å². The van der Waals surface area contributed by atoms with Gasteiger partial charge in [-0.3, -0.25) is 30.3 Å². The smallest absolute Gasteiger partial charge is 0.252 e. The van der Waals surface area contributed by atoms with Gasteiger partial charge in [-0.25, -0.2) is 13.4 Å². The fourth-order valence-corrected chi connectivity index (χ4v) is 4.98. The Morgan fingerprint density at radius 3 is 2.52 bits per heavy atom. The molecule has 0 spiro atoms. The molecule has 0 radical (unpaired) electrons. The lowest BCUT2D eigenvalue weighted by molar-refractivity contribution is -0.129. The van der Waals surface area contributed by atoms with Crippen molar-refractivity contribution in [2.24, 2.45) is 0 Å². The van der Waals surface area contributed by atoms with Gasteiger partial charge in [0, 0.05) is 49.6 Å². The maximum Gasteiger partial charge on any atom is 0.252 e. The summed E-state index contributed by atoms with van der Waals surface area (Å²) >= 11 is 1.39. The van der Waals surface area contributed by atoms with Crippen LogP contribution in [0.1, 0.15) is 10.7 Å². The van der Waals surface area contributed by atoms with Crippen LogP contribution >= 0.6 is 11.3 Å². The molecule has 3 rings (SSSR count). The Balaban J connectivity index is 1.41. The van der Waals surface area contributed by atoms with E-state index in [1.807, 2.05) is 17.2 Å². The quantitative estimate of drug-likeness (QED) is 0.585. The van der Waals surface area contributed by atoms with Crippen LogP contribution in [0.15, 0.2) is 34.8 Å². The van der Waals surface area contributed by atoms with Gasteiger partial charge in [0.05, 0.1) is 13.0 Å². The van der Waals surface area contributed by atoms with Crippen LogP contribution in [0, 0.1) is 6.92 Å². The van der Waals surface area contributed by atoms with Crippen molar-refractivity contribution in [3.05, 3.63) is 40.6 Å². The third kappa shape index (κ3) is 5.79. The standard InChI is InChI=1S/C17H22N6O4S2/c1-13-12-28-17(19-13)9-15(24)20-21-16(25)11-22-5-7-23(8-6-22)29(26,27)14-3-2-4-18-10-14/h2-4,10,12H,5-9,11H2,1H3,(H,20,24)(H,21,25).